The average Bonchev–Trinajstić information content (AvgIpc) is 3.40. The van der Waals surface area contributed by atoms with Crippen LogP contribution in [0.15, 0.2) is 0 Å². The first-order valence-electron chi connectivity index (χ1n) is 7.82. The summed E-state index contributed by atoms with van der Waals surface area (Å²) in [5.41, 5.74) is 0. The van der Waals surface area contributed by atoms with E-state index in [1.165, 1.54) is 28.4 Å². The normalized spacial score (nSPS) is 17.3. The van der Waals surface area contributed by atoms with Gasteiger partial charge in [-0.25, -0.2) is 19.2 Å². The first-order chi connectivity index (χ1) is 11.9. The first-order valence-corrected chi connectivity index (χ1v) is 7.82. The highest BCUT2D eigenvalue weighted by atomic mass is 35.5. The maximum Gasteiger partial charge on any atom is 0.361 e. The van der Waals surface area contributed by atoms with Crippen molar-refractivity contribution in [2.24, 2.45) is 0 Å². The number of carbonyl (C=O) groups is 4. The van der Waals surface area contributed by atoms with Crippen LogP contribution in [0.4, 0.5) is 0 Å². The molecule has 0 radical (unpaired) electrons. The molecule has 0 aromatic heterocycles. The summed E-state index contributed by atoms with van der Waals surface area (Å²) >= 11 is 0. The van der Waals surface area contributed by atoms with Gasteiger partial charge >= 0.3 is 23.9 Å². The number of methoxy groups -OCH3 is 4. The van der Waals surface area contributed by atoms with E-state index in [1.807, 2.05) is 0 Å². The molecule has 1 aliphatic carbocycles. The largest absolute Gasteiger partial charge is 1.00 e. The molecule has 27 heavy (non-hydrogen) atoms. The molecule has 0 aromatic rings. The van der Waals surface area contributed by atoms with E-state index >= 15 is 0 Å². The smallest absolute Gasteiger partial charge is 0.361 e. The molecule has 0 amide bonds. The molecular formula is C15H26Cl2N2O8. The van der Waals surface area contributed by atoms with Crippen LogP contribution >= 0.6 is 0 Å². The molecule has 1 rings (SSSR count). The Hall–Kier alpha value is -1.62. The van der Waals surface area contributed by atoms with Crippen molar-refractivity contribution >= 4 is 23.9 Å². The van der Waals surface area contributed by atoms with E-state index in [0.29, 0.717) is 16.2 Å². The number of halogens is 2. The molecule has 2 unspecified atom stereocenters. The molecule has 2 atom stereocenters. The van der Waals surface area contributed by atoms with E-state index in [9.17, 15) is 19.2 Å². The van der Waals surface area contributed by atoms with Crippen molar-refractivity contribution in [3.05, 3.63) is 0 Å². The van der Waals surface area contributed by atoms with Crippen LogP contribution in [0.5, 0.6) is 0 Å². The van der Waals surface area contributed by atoms with Gasteiger partial charge in [-0.15, -0.1) is 0 Å². The topological polar surface area (TPSA) is 114 Å². The van der Waals surface area contributed by atoms with Crippen LogP contribution < -0.4 is 34.6 Å². The van der Waals surface area contributed by atoms with E-state index in [0.717, 1.165) is 0 Å². The van der Waals surface area contributed by atoms with Crippen molar-refractivity contribution in [1.29, 1.82) is 0 Å². The van der Waals surface area contributed by atoms with E-state index in [2.05, 4.69) is 18.9 Å². The van der Waals surface area contributed by atoms with Crippen LogP contribution in [0.3, 0.4) is 0 Å². The summed E-state index contributed by atoms with van der Waals surface area (Å²) in [6.07, 6.45) is 0.645. The Morgan fingerprint density at radius 3 is 1.04 bits per heavy atom. The highest BCUT2D eigenvalue weighted by Crippen LogP contribution is 2.14. The molecule has 0 aliphatic heterocycles. The molecule has 10 nitrogen and oxygen atoms in total. The van der Waals surface area contributed by atoms with Crippen LogP contribution in [-0.2, 0) is 38.1 Å². The van der Waals surface area contributed by atoms with Crippen molar-refractivity contribution in [3.8, 4) is 0 Å². The zero-order valence-electron chi connectivity index (χ0n) is 15.7. The van der Waals surface area contributed by atoms with Crippen LogP contribution in [0.1, 0.15) is 6.42 Å². The molecule has 0 spiro atoms. The van der Waals surface area contributed by atoms with Crippen molar-refractivity contribution in [3.63, 3.8) is 0 Å². The number of nitrogens with one attached hydrogen (secondary N) is 2. The highest BCUT2D eigenvalue weighted by molar-refractivity contribution is 5.73. The molecule has 2 N–H and O–H groups in total. The Kier molecular flexibility index (Phi) is 13.8. The summed E-state index contributed by atoms with van der Waals surface area (Å²) < 4.78 is 18.7. The molecule has 1 fully saturated rings. The molecule has 0 saturated heterocycles. The Morgan fingerprint density at radius 2 is 0.852 bits per heavy atom. The second kappa shape index (κ2) is 13.5. The van der Waals surface area contributed by atoms with Crippen LogP contribution in [-0.4, -0.2) is 90.6 Å². The van der Waals surface area contributed by atoms with Gasteiger partial charge in [0, 0.05) is 0 Å². The summed E-state index contributed by atoms with van der Waals surface area (Å²) in [7, 11) is 5.09. The second-order valence-electron chi connectivity index (χ2n) is 5.78. The van der Waals surface area contributed by atoms with Gasteiger partial charge in [0.05, 0.1) is 34.9 Å². The third-order valence-electron chi connectivity index (χ3n) is 4.24. The van der Waals surface area contributed by atoms with Gasteiger partial charge in [-0.05, 0) is 0 Å². The van der Waals surface area contributed by atoms with Crippen molar-refractivity contribution in [1.82, 2.24) is 0 Å². The molecule has 12 heteroatoms. The van der Waals surface area contributed by atoms with Gasteiger partial charge in [0.2, 0.25) is 0 Å². The lowest BCUT2D eigenvalue weighted by Gasteiger charge is -2.20. The van der Waals surface area contributed by atoms with Gasteiger partial charge in [0.15, 0.2) is 26.2 Å². The zero-order valence-corrected chi connectivity index (χ0v) is 17.2. The van der Waals surface area contributed by atoms with Crippen molar-refractivity contribution < 1.29 is 72.7 Å². The number of hydrogen-bond donors (Lipinski definition) is 2. The quantitative estimate of drug-likeness (QED) is 0.258. The van der Waals surface area contributed by atoms with Gasteiger partial charge in [-0.3, -0.25) is 0 Å². The lowest BCUT2D eigenvalue weighted by atomic mass is 10.4. The predicted molar refractivity (Wildman–Crippen MR) is 81.7 cm³/mol. The minimum absolute atomic E-state index is 0. The fourth-order valence-electron chi connectivity index (χ4n) is 2.78. The van der Waals surface area contributed by atoms with E-state index < -0.39 is 23.9 Å². The summed E-state index contributed by atoms with van der Waals surface area (Å²) in [4.78, 5) is 47.7. The number of ether oxygens (including phenoxy) is 4. The van der Waals surface area contributed by atoms with E-state index in [4.69, 9.17) is 0 Å². The van der Waals surface area contributed by atoms with Crippen molar-refractivity contribution in [2.45, 2.75) is 18.5 Å². The molecule has 1 saturated carbocycles. The lowest BCUT2D eigenvalue weighted by Crippen LogP contribution is -3.22. The molecule has 158 valence electrons. The van der Waals surface area contributed by atoms with Gasteiger partial charge in [0.1, 0.15) is 12.1 Å². The van der Waals surface area contributed by atoms with Crippen molar-refractivity contribution in [2.75, 3.05) is 54.6 Å². The summed E-state index contributed by atoms with van der Waals surface area (Å²) in [6, 6.07) is -0.162. The number of carbonyl (C=O) groups excluding carboxylic acids is 4. The number of hydrogen-bond acceptors (Lipinski definition) is 8. The van der Waals surface area contributed by atoms with E-state index in [-0.39, 0.29) is 63.1 Å². The fourth-order valence-corrected chi connectivity index (χ4v) is 2.78. The third-order valence-corrected chi connectivity index (χ3v) is 4.24. The standard InChI is InChI=1S/C15H24N2O8.2ClH/c1-22-12(18)6-16(7-13(19)23-2)10-5-11(10)17(8-14(20)24-3)9-15(21)25-4;;/h10-11H,5-9H2,1-4H3;2*1H. The molecule has 0 aromatic carbocycles. The third kappa shape index (κ3) is 9.23. The van der Waals surface area contributed by atoms with E-state index in [1.54, 1.807) is 0 Å². The molecule has 0 bridgehead atoms. The first kappa shape index (κ1) is 27.6. The second-order valence-corrected chi connectivity index (χ2v) is 5.78. The minimum atomic E-state index is -0.452. The summed E-state index contributed by atoms with van der Waals surface area (Å²) in [5, 5.41) is 0. The van der Waals surface area contributed by atoms with Crippen LogP contribution in [0.2, 0.25) is 0 Å². The lowest BCUT2D eigenvalue weighted by molar-refractivity contribution is -0.945. The summed E-state index contributed by atoms with van der Waals surface area (Å²) in [6.45, 7) is -0.0139. The number of rotatable bonds is 10. The monoisotopic (exact) mass is 432 g/mol. The SMILES string of the molecule is COC(=O)C[NH+](CC(=O)OC)C1CC1[NH+](CC(=O)OC)CC(=O)OC.[Cl-].[Cl-]. The summed E-state index contributed by atoms with van der Waals surface area (Å²) in [5.74, 6) is -1.81. The number of quaternary nitrogens is 2. The Morgan fingerprint density at radius 1 is 0.630 bits per heavy atom. The Balaban J connectivity index is 0. The Labute approximate surface area is 170 Å². The maximum atomic E-state index is 11.6. The molecule has 0 heterocycles. The highest BCUT2D eigenvalue weighted by Gasteiger charge is 2.55. The van der Waals surface area contributed by atoms with Gasteiger partial charge in [0.25, 0.3) is 0 Å². The Bertz CT molecular complexity index is 440. The minimum Gasteiger partial charge on any atom is -1.00 e. The van der Waals surface area contributed by atoms with Gasteiger partial charge < -0.3 is 53.6 Å². The zero-order chi connectivity index (χ0) is 19.0. The van der Waals surface area contributed by atoms with Crippen LogP contribution in [0, 0.1) is 0 Å². The molecular weight excluding hydrogens is 407 g/mol. The predicted octanol–water partition coefficient (Wildman–Crippen LogP) is -10.4. The average molecular weight is 433 g/mol. The fraction of sp³-hybridized carbons (Fsp3) is 0.733. The maximum absolute atomic E-state index is 11.6. The number of esters is 4. The van der Waals surface area contributed by atoms with Crippen LogP contribution in [0.25, 0.3) is 0 Å². The molecule has 1 aliphatic rings. The van der Waals surface area contributed by atoms with Gasteiger partial charge in [-0.1, -0.05) is 0 Å². The van der Waals surface area contributed by atoms with Gasteiger partial charge in [-0.2, -0.15) is 0 Å².